The van der Waals surface area contributed by atoms with E-state index in [1.807, 2.05) is 6.92 Å². The Bertz CT molecular complexity index is 79.4. The molecule has 0 fully saturated rings. The normalized spacial score (nSPS) is 11.4. The zero-order valence-electron chi connectivity index (χ0n) is 4.05. The molecule has 0 amide bonds. The summed E-state index contributed by atoms with van der Waals surface area (Å²) in [7, 11) is 0. The number of rotatable bonds is 1. The number of thiol groups is 3. The van der Waals surface area contributed by atoms with Crippen LogP contribution in [0.1, 0.15) is 6.92 Å². The zero-order valence-corrected chi connectivity index (χ0v) is 6.73. The smallest absolute Gasteiger partial charge is 0.119 e. The van der Waals surface area contributed by atoms with Gasteiger partial charge in [-0.05, 0) is 12.5 Å². The fraction of sp³-hybridized carbons (Fsp3) is 0.500. The maximum absolute atomic E-state index is 3.98. The summed E-state index contributed by atoms with van der Waals surface area (Å²) >= 11 is 11.9. The van der Waals surface area contributed by atoms with Crippen molar-refractivity contribution in [2.75, 3.05) is 0 Å². The van der Waals surface area contributed by atoms with Crippen LogP contribution in [0.15, 0.2) is 12.2 Å². The molecule has 0 aromatic rings. The first kappa shape index (κ1) is 7.79. The highest BCUT2D eigenvalue weighted by molar-refractivity contribution is 8.17. The molecular formula is C4H8S3. The fourth-order valence-corrected chi connectivity index (χ4v) is 0. The lowest BCUT2D eigenvalue weighted by molar-refractivity contribution is 1.34. The van der Waals surface area contributed by atoms with Gasteiger partial charge >= 0.3 is 0 Å². The van der Waals surface area contributed by atoms with E-state index in [4.69, 9.17) is 0 Å². The van der Waals surface area contributed by atoms with Crippen molar-refractivity contribution in [3.63, 3.8) is 0 Å². The van der Waals surface area contributed by atoms with Crippen molar-refractivity contribution in [3.05, 3.63) is 12.2 Å². The summed E-state index contributed by atoms with van der Waals surface area (Å²) in [6, 6.07) is 0. The van der Waals surface area contributed by atoms with E-state index >= 15 is 0 Å². The Hall–Kier alpha value is 0.790. The van der Waals surface area contributed by atoms with E-state index in [1.54, 1.807) is 0 Å². The maximum Gasteiger partial charge on any atom is 0.119 e. The molecule has 7 heavy (non-hydrogen) atoms. The Balaban J connectivity index is 3.79. The average molecular weight is 152 g/mol. The molecule has 0 rings (SSSR count). The third-order valence-corrected chi connectivity index (χ3v) is 1.72. The van der Waals surface area contributed by atoms with Gasteiger partial charge in [-0.2, -0.15) is 0 Å². The summed E-state index contributed by atoms with van der Waals surface area (Å²) in [4.78, 5) is 0. The van der Waals surface area contributed by atoms with Crippen LogP contribution in [0.5, 0.6) is 0 Å². The summed E-state index contributed by atoms with van der Waals surface area (Å²) in [6.07, 6.45) is 0. The molecule has 3 heteroatoms. The molecule has 0 atom stereocenters. The lowest BCUT2D eigenvalue weighted by atomic mass is 10.4. The van der Waals surface area contributed by atoms with E-state index < -0.39 is 3.41 Å². The van der Waals surface area contributed by atoms with Gasteiger partial charge in [-0.1, -0.05) is 6.58 Å². The van der Waals surface area contributed by atoms with Gasteiger partial charge in [0, 0.05) is 0 Å². The average Bonchev–Trinajstić information content (AvgIpc) is 1.31. The number of hydrogen-bond acceptors (Lipinski definition) is 3. The third-order valence-electron chi connectivity index (χ3n) is 0.573. The van der Waals surface area contributed by atoms with Gasteiger partial charge in [0.2, 0.25) is 0 Å². The minimum atomic E-state index is -0.611. The molecular weight excluding hydrogens is 144 g/mol. The quantitative estimate of drug-likeness (QED) is 0.286. The number of hydrogen-bond donors (Lipinski definition) is 3. The van der Waals surface area contributed by atoms with E-state index in [0.29, 0.717) is 0 Å². The summed E-state index contributed by atoms with van der Waals surface area (Å²) in [5, 5.41) is 0. The van der Waals surface area contributed by atoms with Crippen LogP contribution in [-0.2, 0) is 0 Å². The van der Waals surface area contributed by atoms with Crippen LogP contribution in [0, 0.1) is 0 Å². The zero-order chi connectivity index (χ0) is 6.08. The molecule has 0 aromatic heterocycles. The topological polar surface area (TPSA) is 0 Å². The monoisotopic (exact) mass is 152 g/mol. The lowest BCUT2D eigenvalue weighted by Gasteiger charge is -2.13. The highest BCUT2D eigenvalue weighted by Crippen LogP contribution is 2.30. The van der Waals surface area contributed by atoms with Crippen molar-refractivity contribution < 1.29 is 0 Å². The summed E-state index contributed by atoms with van der Waals surface area (Å²) < 4.78 is -0.611. The van der Waals surface area contributed by atoms with Crippen LogP contribution < -0.4 is 0 Å². The van der Waals surface area contributed by atoms with Crippen LogP contribution in [0.3, 0.4) is 0 Å². The largest absolute Gasteiger partial charge is 0.147 e. The van der Waals surface area contributed by atoms with Gasteiger partial charge in [0.15, 0.2) is 0 Å². The second-order valence-electron chi connectivity index (χ2n) is 1.42. The second kappa shape index (κ2) is 2.37. The highest BCUT2D eigenvalue weighted by atomic mass is 32.2. The van der Waals surface area contributed by atoms with Crippen molar-refractivity contribution in [1.82, 2.24) is 0 Å². The standard InChI is InChI=1S/C4H8S3/c1-3(2)4(5,6)7/h5-7H,1H2,2H3. The van der Waals surface area contributed by atoms with Crippen LogP contribution in [0.25, 0.3) is 0 Å². The van der Waals surface area contributed by atoms with Crippen LogP contribution in [-0.4, -0.2) is 3.41 Å². The maximum atomic E-state index is 3.98. The molecule has 0 heterocycles. The van der Waals surface area contributed by atoms with Gasteiger partial charge in [-0.3, -0.25) is 0 Å². The van der Waals surface area contributed by atoms with E-state index in [9.17, 15) is 0 Å². The van der Waals surface area contributed by atoms with Gasteiger partial charge < -0.3 is 0 Å². The minimum Gasteiger partial charge on any atom is -0.147 e. The summed E-state index contributed by atoms with van der Waals surface area (Å²) in [5.41, 5.74) is 0.836. The van der Waals surface area contributed by atoms with Crippen LogP contribution in [0.2, 0.25) is 0 Å². The Labute approximate surface area is 60.6 Å². The molecule has 0 saturated heterocycles. The van der Waals surface area contributed by atoms with Gasteiger partial charge in [0.05, 0.1) is 0 Å². The van der Waals surface area contributed by atoms with Crippen molar-refractivity contribution in [3.8, 4) is 0 Å². The van der Waals surface area contributed by atoms with Crippen LogP contribution in [0.4, 0.5) is 0 Å². The van der Waals surface area contributed by atoms with Crippen molar-refractivity contribution in [1.29, 1.82) is 0 Å². The molecule has 0 bridgehead atoms. The Morgan fingerprint density at radius 2 is 1.57 bits per heavy atom. The molecule has 0 aromatic carbocycles. The molecule has 0 aliphatic rings. The lowest BCUT2D eigenvalue weighted by Crippen LogP contribution is -2.01. The van der Waals surface area contributed by atoms with Crippen LogP contribution >= 0.6 is 37.9 Å². The van der Waals surface area contributed by atoms with Crippen molar-refractivity contribution in [2.24, 2.45) is 0 Å². The van der Waals surface area contributed by atoms with Gasteiger partial charge in [-0.15, -0.1) is 37.9 Å². The van der Waals surface area contributed by atoms with Gasteiger partial charge in [0.25, 0.3) is 0 Å². The predicted molar refractivity (Wildman–Crippen MR) is 44.5 cm³/mol. The molecule has 42 valence electrons. The van der Waals surface area contributed by atoms with Gasteiger partial charge in [-0.25, -0.2) is 0 Å². The second-order valence-corrected chi connectivity index (χ2v) is 4.49. The van der Waals surface area contributed by atoms with Crippen molar-refractivity contribution >= 4 is 37.9 Å². The molecule has 0 unspecified atom stereocenters. The molecule has 0 radical (unpaired) electrons. The molecule has 0 spiro atoms. The Morgan fingerprint density at radius 3 is 1.57 bits per heavy atom. The SMILES string of the molecule is C=C(C)C(S)(S)S. The Kier molecular flexibility index (Phi) is 2.64. The Morgan fingerprint density at radius 1 is 1.43 bits per heavy atom. The molecule has 0 N–H and O–H groups in total. The first-order valence-electron chi connectivity index (χ1n) is 1.77. The summed E-state index contributed by atoms with van der Waals surface area (Å²) in [5.74, 6) is 0. The van der Waals surface area contributed by atoms with Crippen molar-refractivity contribution in [2.45, 2.75) is 10.3 Å². The third kappa shape index (κ3) is 3.38. The molecule has 0 saturated carbocycles. The first-order valence-corrected chi connectivity index (χ1v) is 3.12. The fourth-order valence-electron chi connectivity index (χ4n) is 0. The first-order chi connectivity index (χ1) is 2.94. The van der Waals surface area contributed by atoms with Gasteiger partial charge in [0.1, 0.15) is 3.41 Å². The van der Waals surface area contributed by atoms with E-state index in [-0.39, 0.29) is 0 Å². The molecule has 0 aliphatic carbocycles. The highest BCUT2D eigenvalue weighted by Gasteiger charge is 2.12. The predicted octanol–water partition coefficient (Wildman–Crippen LogP) is 2.01. The molecule has 0 nitrogen and oxygen atoms in total. The van der Waals surface area contributed by atoms with E-state index in [2.05, 4.69) is 44.5 Å². The minimum absolute atomic E-state index is 0.611. The van der Waals surface area contributed by atoms with E-state index in [1.165, 1.54) is 0 Å². The molecule has 0 aliphatic heterocycles. The van der Waals surface area contributed by atoms with E-state index in [0.717, 1.165) is 5.57 Å². The summed E-state index contributed by atoms with van der Waals surface area (Å²) in [6.45, 7) is 5.42.